The summed E-state index contributed by atoms with van der Waals surface area (Å²) in [7, 11) is 0. The molecule has 0 atom stereocenters. The minimum atomic E-state index is -0.789. The molecule has 0 amide bonds. The Morgan fingerprint density at radius 2 is 1.78 bits per heavy atom. The van der Waals surface area contributed by atoms with Gasteiger partial charge in [0.25, 0.3) is 0 Å². The minimum Gasteiger partial charge on any atom is -0.294 e. The zero-order valence-corrected chi connectivity index (χ0v) is 15.9. The Balaban J connectivity index is 2.89. The van der Waals surface area contributed by atoms with Gasteiger partial charge in [0.1, 0.15) is 17.3 Å². The molecule has 0 fully saturated rings. The monoisotopic (exact) mass is 389 g/mol. The third kappa shape index (κ3) is 4.50. The molecule has 0 aromatic heterocycles. The van der Waals surface area contributed by atoms with E-state index in [4.69, 9.17) is 18.0 Å². The Hall–Kier alpha value is -2.78. The third-order valence-electron chi connectivity index (χ3n) is 3.93. The number of nitrogens with zero attached hydrogens (tertiary/aromatic N) is 3. The van der Waals surface area contributed by atoms with Gasteiger partial charge in [-0.2, -0.15) is 0 Å². The summed E-state index contributed by atoms with van der Waals surface area (Å²) in [6.45, 7) is 6.30. The molecule has 2 aromatic carbocycles. The lowest BCUT2D eigenvalue weighted by Gasteiger charge is -2.16. The summed E-state index contributed by atoms with van der Waals surface area (Å²) in [6.07, 6.45) is 5.57. The van der Waals surface area contributed by atoms with Crippen LogP contribution in [0.15, 0.2) is 34.6 Å². The van der Waals surface area contributed by atoms with Crippen LogP contribution in [0.3, 0.4) is 0 Å². The van der Waals surface area contributed by atoms with E-state index in [1.807, 2.05) is 13.8 Å². The Morgan fingerprint density at radius 3 is 2.26 bits per heavy atom. The molecule has 27 heavy (non-hydrogen) atoms. The summed E-state index contributed by atoms with van der Waals surface area (Å²) in [4.78, 5) is 12.2. The summed E-state index contributed by atoms with van der Waals surface area (Å²) in [6, 6.07) is 4.34. The second-order valence-corrected chi connectivity index (χ2v) is 6.10. The molecular formula is C20H18ClF2N3O. The Morgan fingerprint density at radius 1 is 1.19 bits per heavy atom. The van der Waals surface area contributed by atoms with Crippen LogP contribution in [0.25, 0.3) is 11.1 Å². The van der Waals surface area contributed by atoms with Crippen LogP contribution >= 0.6 is 11.6 Å². The normalized spacial score (nSPS) is 10.9. The fourth-order valence-electron chi connectivity index (χ4n) is 2.60. The van der Waals surface area contributed by atoms with E-state index < -0.39 is 11.6 Å². The molecular weight excluding hydrogens is 372 g/mol. The van der Waals surface area contributed by atoms with E-state index >= 15 is 0 Å². The van der Waals surface area contributed by atoms with Crippen LogP contribution in [0, 0.1) is 24.0 Å². The van der Waals surface area contributed by atoms with Crippen LogP contribution in [0.2, 0.25) is 5.02 Å². The maximum absolute atomic E-state index is 13.8. The molecule has 2 rings (SSSR count). The molecule has 0 saturated carbocycles. The first-order valence-electron chi connectivity index (χ1n) is 8.29. The minimum absolute atomic E-state index is 0.118. The number of benzene rings is 2. The number of ketones is 1. The van der Waals surface area contributed by atoms with E-state index in [0.29, 0.717) is 13.1 Å². The van der Waals surface area contributed by atoms with E-state index in [9.17, 15) is 13.6 Å². The van der Waals surface area contributed by atoms with E-state index in [-0.39, 0.29) is 38.7 Å². The number of halogens is 3. The summed E-state index contributed by atoms with van der Waals surface area (Å²) < 4.78 is 27.6. The van der Waals surface area contributed by atoms with Gasteiger partial charge in [0.15, 0.2) is 5.78 Å². The van der Waals surface area contributed by atoms with Gasteiger partial charge >= 0.3 is 0 Å². The molecule has 0 aliphatic heterocycles. The standard InChI is InChI=1S/C20H18ClF2N3O/c1-5-16-18(21)11-17(12(4)27)19(13-8-14(22)10-15(23)9-13)20(16)24-25-26(6-2)7-3/h1,8-11H,6-7H2,2-4H3/b25-24+. The molecule has 7 heteroatoms. The number of carbonyl (C=O) groups excluding carboxylic acids is 1. The van der Waals surface area contributed by atoms with Crippen LogP contribution < -0.4 is 0 Å². The van der Waals surface area contributed by atoms with Crippen molar-refractivity contribution in [2.24, 2.45) is 10.3 Å². The van der Waals surface area contributed by atoms with Crippen molar-refractivity contribution < 1.29 is 13.6 Å². The SMILES string of the molecule is C#Cc1c(Cl)cc(C(C)=O)c(-c2cc(F)cc(F)c2)c1/N=N/N(CC)CC. The van der Waals surface area contributed by atoms with Crippen molar-refractivity contribution in [3.05, 3.63) is 52.0 Å². The largest absolute Gasteiger partial charge is 0.294 e. The summed E-state index contributed by atoms with van der Waals surface area (Å²) >= 11 is 6.23. The maximum atomic E-state index is 13.8. The predicted octanol–water partition coefficient (Wildman–Crippen LogP) is 5.81. The molecule has 0 unspecified atom stereocenters. The summed E-state index contributed by atoms with van der Waals surface area (Å²) in [5, 5.41) is 10.1. The summed E-state index contributed by atoms with van der Waals surface area (Å²) in [5.74, 6) is 0.501. The van der Waals surface area contributed by atoms with Gasteiger partial charge in [-0.25, -0.2) is 8.78 Å². The Bertz CT molecular complexity index is 927. The van der Waals surface area contributed by atoms with Gasteiger partial charge < -0.3 is 0 Å². The second kappa shape index (κ2) is 8.74. The first kappa shape index (κ1) is 20.5. The topological polar surface area (TPSA) is 45.0 Å². The van der Waals surface area contributed by atoms with Gasteiger partial charge in [-0.15, -0.1) is 11.5 Å². The molecule has 0 heterocycles. The van der Waals surface area contributed by atoms with Gasteiger partial charge in [0.2, 0.25) is 0 Å². The molecule has 140 valence electrons. The molecule has 2 aromatic rings. The van der Waals surface area contributed by atoms with E-state index in [1.54, 1.807) is 5.01 Å². The van der Waals surface area contributed by atoms with Crippen LogP contribution in [-0.4, -0.2) is 23.9 Å². The molecule has 0 aliphatic carbocycles. The van der Waals surface area contributed by atoms with Crippen molar-refractivity contribution in [1.82, 2.24) is 5.01 Å². The number of hydrogen-bond acceptors (Lipinski definition) is 3. The van der Waals surface area contributed by atoms with Crippen molar-refractivity contribution in [2.45, 2.75) is 20.8 Å². The lowest BCUT2D eigenvalue weighted by Crippen LogP contribution is -2.14. The number of carbonyl (C=O) groups is 1. The quantitative estimate of drug-likeness (QED) is 0.271. The third-order valence-corrected chi connectivity index (χ3v) is 4.23. The number of hydrogen-bond donors (Lipinski definition) is 0. The van der Waals surface area contributed by atoms with Gasteiger partial charge in [0, 0.05) is 30.3 Å². The molecule has 0 spiro atoms. The Labute approximate surface area is 161 Å². The fraction of sp³-hybridized carbons (Fsp3) is 0.250. The number of terminal acetylenes is 1. The highest BCUT2D eigenvalue weighted by Crippen LogP contribution is 2.41. The zero-order valence-electron chi connectivity index (χ0n) is 15.2. The maximum Gasteiger partial charge on any atom is 0.160 e. The molecule has 0 aliphatic rings. The highest BCUT2D eigenvalue weighted by atomic mass is 35.5. The summed E-state index contributed by atoms with van der Waals surface area (Å²) in [5.41, 5.74) is 0.773. The highest BCUT2D eigenvalue weighted by molar-refractivity contribution is 6.33. The van der Waals surface area contributed by atoms with Gasteiger partial charge in [0.05, 0.1) is 10.6 Å². The van der Waals surface area contributed by atoms with Crippen molar-refractivity contribution in [3.8, 4) is 23.5 Å². The van der Waals surface area contributed by atoms with Crippen LogP contribution in [-0.2, 0) is 0 Å². The highest BCUT2D eigenvalue weighted by Gasteiger charge is 2.21. The van der Waals surface area contributed by atoms with Crippen molar-refractivity contribution >= 4 is 23.1 Å². The van der Waals surface area contributed by atoms with Gasteiger partial charge in [-0.1, -0.05) is 22.7 Å². The van der Waals surface area contributed by atoms with Crippen molar-refractivity contribution in [1.29, 1.82) is 0 Å². The molecule has 4 nitrogen and oxygen atoms in total. The molecule has 0 saturated heterocycles. The first-order chi connectivity index (χ1) is 12.8. The van der Waals surface area contributed by atoms with E-state index in [0.717, 1.165) is 18.2 Å². The average Bonchev–Trinajstić information content (AvgIpc) is 2.61. The van der Waals surface area contributed by atoms with E-state index in [1.165, 1.54) is 13.0 Å². The predicted molar refractivity (Wildman–Crippen MR) is 102 cm³/mol. The average molecular weight is 390 g/mol. The fourth-order valence-corrected chi connectivity index (χ4v) is 2.85. The first-order valence-corrected chi connectivity index (χ1v) is 8.67. The van der Waals surface area contributed by atoms with Crippen molar-refractivity contribution in [3.63, 3.8) is 0 Å². The molecule has 0 radical (unpaired) electrons. The van der Waals surface area contributed by atoms with Gasteiger partial charge in [-0.3, -0.25) is 9.80 Å². The second-order valence-electron chi connectivity index (χ2n) is 5.69. The van der Waals surface area contributed by atoms with Crippen LogP contribution in [0.1, 0.15) is 36.7 Å². The van der Waals surface area contributed by atoms with Gasteiger partial charge in [-0.05, 0) is 44.5 Å². The molecule has 0 N–H and O–H groups in total. The lowest BCUT2D eigenvalue weighted by atomic mass is 9.93. The lowest BCUT2D eigenvalue weighted by molar-refractivity contribution is 0.101. The number of Topliss-reactive ketones (excluding diaryl/α,β-unsaturated/α-hetero) is 1. The van der Waals surface area contributed by atoms with E-state index in [2.05, 4.69) is 16.3 Å². The zero-order chi connectivity index (χ0) is 20.1. The van der Waals surface area contributed by atoms with Crippen LogP contribution in [0.4, 0.5) is 14.5 Å². The Kier molecular flexibility index (Phi) is 6.65. The molecule has 0 bridgehead atoms. The van der Waals surface area contributed by atoms with Crippen molar-refractivity contribution in [2.75, 3.05) is 13.1 Å². The number of rotatable bonds is 6. The smallest absolute Gasteiger partial charge is 0.160 e. The van der Waals surface area contributed by atoms with Crippen LogP contribution in [0.5, 0.6) is 0 Å².